The Morgan fingerprint density at radius 2 is 1.81 bits per heavy atom. The number of benzene rings is 2. The summed E-state index contributed by atoms with van der Waals surface area (Å²) in [4.78, 5) is 17.4. The van der Waals surface area contributed by atoms with Gasteiger partial charge >= 0.3 is 0 Å². The van der Waals surface area contributed by atoms with E-state index in [0.29, 0.717) is 11.9 Å². The summed E-state index contributed by atoms with van der Waals surface area (Å²) >= 11 is 0. The molecule has 1 N–H and O–H groups in total. The topological polar surface area (TPSA) is 35.6 Å². The van der Waals surface area contributed by atoms with E-state index < -0.39 is 0 Å². The van der Waals surface area contributed by atoms with E-state index in [1.807, 2.05) is 0 Å². The molecule has 27 heavy (non-hydrogen) atoms. The van der Waals surface area contributed by atoms with Crippen molar-refractivity contribution >= 4 is 29.1 Å². The lowest BCUT2D eigenvalue weighted by Gasteiger charge is -2.38. The molecule has 0 aliphatic carbocycles. The van der Waals surface area contributed by atoms with Crippen LogP contribution < -0.4 is 5.32 Å². The first kappa shape index (κ1) is 20.1. The maximum atomic E-state index is 12.8. The van der Waals surface area contributed by atoms with E-state index in [1.54, 1.807) is 0 Å². The molecule has 2 aromatic rings. The molecule has 1 amide bonds. The van der Waals surface area contributed by atoms with Gasteiger partial charge < -0.3 is 10.2 Å². The number of carbonyl (C=O) groups is 1. The van der Waals surface area contributed by atoms with Crippen LogP contribution in [0.15, 0.2) is 42.5 Å². The van der Waals surface area contributed by atoms with Crippen molar-refractivity contribution in [1.29, 1.82) is 0 Å². The number of nitrogens with zero attached hydrogens (tertiary/aromatic N) is 2. The van der Waals surface area contributed by atoms with Gasteiger partial charge in [-0.3, -0.25) is 9.69 Å². The summed E-state index contributed by atoms with van der Waals surface area (Å²) in [6.45, 7) is 7.78. The lowest BCUT2D eigenvalue weighted by atomic mass is 9.92. The fourth-order valence-electron chi connectivity index (χ4n) is 4.41. The van der Waals surface area contributed by atoms with Crippen LogP contribution in [-0.2, 0) is 11.3 Å². The van der Waals surface area contributed by atoms with Gasteiger partial charge in [0, 0.05) is 44.7 Å². The minimum atomic E-state index is 0. The average Bonchev–Trinajstić information content (AvgIpc) is 2.68. The van der Waals surface area contributed by atoms with Gasteiger partial charge in [0.05, 0.1) is 0 Å². The van der Waals surface area contributed by atoms with E-state index in [2.05, 4.69) is 64.5 Å². The highest BCUT2D eigenvalue weighted by Gasteiger charge is 2.30. The molecule has 2 aliphatic heterocycles. The summed E-state index contributed by atoms with van der Waals surface area (Å²) in [5.74, 6) is 0.596. The monoisotopic (exact) mass is 387 g/mol. The third-order valence-corrected chi connectivity index (χ3v) is 5.93. The van der Waals surface area contributed by atoms with Crippen LogP contribution in [-0.4, -0.2) is 54.5 Å². The quantitative estimate of drug-likeness (QED) is 0.877. The number of hydrogen-bond acceptors (Lipinski definition) is 3. The molecule has 0 spiro atoms. The number of piperazine rings is 1. The van der Waals surface area contributed by atoms with Crippen molar-refractivity contribution < 1.29 is 4.79 Å². The average molecular weight is 388 g/mol. The molecule has 2 atom stereocenters. The predicted molar refractivity (Wildman–Crippen MR) is 113 cm³/mol. The predicted octanol–water partition coefficient (Wildman–Crippen LogP) is 3.29. The molecule has 4 nitrogen and oxygen atoms in total. The number of piperidine rings is 1. The van der Waals surface area contributed by atoms with Crippen LogP contribution in [0.3, 0.4) is 0 Å². The van der Waals surface area contributed by atoms with E-state index in [4.69, 9.17) is 0 Å². The molecule has 2 aromatic carbocycles. The highest BCUT2D eigenvalue weighted by molar-refractivity contribution is 5.86. The summed E-state index contributed by atoms with van der Waals surface area (Å²) in [6, 6.07) is 15.6. The molecule has 2 aliphatic rings. The fraction of sp³-hybridized carbons (Fsp3) is 0.500. The van der Waals surface area contributed by atoms with Gasteiger partial charge in [-0.15, -0.1) is 12.4 Å². The third-order valence-electron chi connectivity index (χ3n) is 5.93. The van der Waals surface area contributed by atoms with Gasteiger partial charge in [0.2, 0.25) is 5.91 Å². The molecule has 0 aromatic heterocycles. The van der Waals surface area contributed by atoms with Crippen LogP contribution in [0.1, 0.15) is 25.3 Å². The van der Waals surface area contributed by atoms with Crippen molar-refractivity contribution in [2.75, 3.05) is 32.7 Å². The first-order chi connectivity index (χ1) is 12.7. The van der Waals surface area contributed by atoms with Gasteiger partial charge in [0.25, 0.3) is 0 Å². The van der Waals surface area contributed by atoms with Crippen molar-refractivity contribution in [3.05, 3.63) is 48.0 Å². The van der Waals surface area contributed by atoms with Gasteiger partial charge in [-0.1, -0.05) is 42.5 Å². The second-order valence-corrected chi connectivity index (χ2v) is 7.82. The number of nitrogens with one attached hydrogen (secondary N) is 1. The zero-order valence-corrected chi connectivity index (χ0v) is 16.9. The minimum Gasteiger partial charge on any atom is -0.340 e. The molecular formula is C22H30ClN3O. The second kappa shape index (κ2) is 9.05. The Kier molecular flexibility index (Phi) is 6.74. The summed E-state index contributed by atoms with van der Waals surface area (Å²) in [7, 11) is 0. The Morgan fingerprint density at radius 3 is 2.59 bits per heavy atom. The Bertz CT molecular complexity index is 768. The molecule has 5 heteroatoms. The first-order valence-electron chi connectivity index (χ1n) is 9.92. The van der Waals surface area contributed by atoms with Crippen molar-refractivity contribution in [3.8, 4) is 0 Å². The number of hydrogen-bond donors (Lipinski definition) is 1. The lowest BCUT2D eigenvalue weighted by Crippen LogP contribution is -2.51. The van der Waals surface area contributed by atoms with Crippen LogP contribution in [0.25, 0.3) is 10.8 Å². The Hall–Kier alpha value is -1.62. The van der Waals surface area contributed by atoms with Crippen LogP contribution in [0.2, 0.25) is 0 Å². The van der Waals surface area contributed by atoms with Gasteiger partial charge in [-0.05, 0) is 42.6 Å². The van der Waals surface area contributed by atoms with E-state index in [1.165, 1.54) is 16.3 Å². The summed E-state index contributed by atoms with van der Waals surface area (Å²) in [5.41, 5.74) is 1.38. The number of fused-ring (bicyclic) bond motifs is 1. The maximum Gasteiger partial charge on any atom is 0.225 e. The van der Waals surface area contributed by atoms with Crippen molar-refractivity contribution in [2.24, 2.45) is 5.92 Å². The molecule has 146 valence electrons. The highest BCUT2D eigenvalue weighted by Crippen LogP contribution is 2.22. The zero-order valence-electron chi connectivity index (χ0n) is 16.1. The normalized spacial score (nSPS) is 23.8. The van der Waals surface area contributed by atoms with E-state index in [0.717, 1.165) is 52.1 Å². The Labute approximate surface area is 168 Å². The molecule has 2 fully saturated rings. The van der Waals surface area contributed by atoms with Crippen LogP contribution >= 0.6 is 12.4 Å². The smallest absolute Gasteiger partial charge is 0.225 e. The number of rotatable bonds is 3. The number of amides is 1. The SMILES string of the molecule is C[C@H]1C[C@@H](C(=O)N2CCN(Cc3cccc4ccccc34)CC2)CCN1.Cl. The molecule has 2 saturated heterocycles. The minimum absolute atomic E-state index is 0. The van der Waals surface area contributed by atoms with Crippen molar-refractivity contribution in [3.63, 3.8) is 0 Å². The van der Waals surface area contributed by atoms with E-state index in [9.17, 15) is 4.79 Å². The molecule has 2 heterocycles. The van der Waals surface area contributed by atoms with E-state index >= 15 is 0 Å². The Balaban J connectivity index is 0.00000210. The summed E-state index contributed by atoms with van der Waals surface area (Å²) in [5, 5.41) is 6.09. The van der Waals surface area contributed by atoms with Gasteiger partial charge in [-0.2, -0.15) is 0 Å². The zero-order chi connectivity index (χ0) is 17.9. The molecular weight excluding hydrogens is 358 g/mol. The second-order valence-electron chi connectivity index (χ2n) is 7.82. The van der Waals surface area contributed by atoms with E-state index in [-0.39, 0.29) is 18.3 Å². The molecule has 0 bridgehead atoms. The Morgan fingerprint density at radius 1 is 1.07 bits per heavy atom. The summed E-state index contributed by atoms with van der Waals surface area (Å²) < 4.78 is 0. The first-order valence-corrected chi connectivity index (χ1v) is 9.92. The standard InChI is InChI=1S/C22H29N3O.ClH/c1-17-15-19(9-10-23-17)22(26)25-13-11-24(12-14-25)16-20-7-4-6-18-5-2-3-8-21(18)20;/h2-8,17,19,23H,9-16H2,1H3;1H/t17-,19-;/m0./s1. The lowest BCUT2D eigenvalue weighted by molar-refractivity contribution is -0.138. The molecule has 0 radical (unpaired) electrons. The van der Waals surface area contributed by atoms with Gasteiger partial charge in [0.15, 0.2) is 0 Å². The largest absolute Gasteiger partial charge is 0.340 e. The molecule has 0 saturated carbocycles. The van der Waals surface area contributed by atoms with Crippen molar-refractivity contribution in [2.45, 2.75) is 32.4 Å². The molecule has 4 rings (SSSR count). The van der Waals surface area contributed by atoms with Gasteiger partial charge in [0.1, 0.15) is 0 Å². The van der Waals surface area contributed by atoms with Crippen LogP contribution in [0, 0.1) is 5.92 Å². The maximum absolute atomic E-state index is 12.8. The molecule has 0 unspecified atom stereocenters. The third kappa shape index (κ3) is 4.63. The number of carbonyl (C=O) groups excluding carboxylic acids is 1. The number of halogens is 1. The fourth-order valence-corrected chi connectivity index (χ4v) is 4.41. The highest BCUT2D eigenvalue weighted by atomic mass is 35.5. The van der Waals surface area contributed by atoms with Gasteiger partial charge in [-0.25, -0.2) is 0 Å². The van der Waals surface area contributed by atoms with Crippen molar-refractivity contribution in [1.82, 2.24) is 15.1 Å². The summed E-state index contributed by atoms with van der Waals surface area (Å²) in [6.07, 6.45) is 1.97. The van der Waals surface area contributed by atoms with Crippen LogP contribution in [0.5, 0.6) is 0 Å². The van der Waals surface area contributed by atoms with Crippen LogP contribution in [0.4, 0.5) is 0 Å².